The maximum absolute atomic E-state index is 11.7. The number of hydrogen-bond acceptors (Lipinski definition) is 1. The van der Waals surface area contributed by atoms with E-state index >= 15 is 0 Å². The fourth-order valence-corrected chi connectivity index (χ4v) is 5.56. The number of carboxylic acid groups (broad SMARTS) is 1. The van der Waals surface area contributed by atoms with Crippen LogP contribution in [0.1, 0.15) is 201 Å². The molecular weight excluding hydrogens is 464 g/mol. The number of aliphatic carboxylic acids is 1. The van der Waals surface area contributed by atoms with Gasteiger partial charge in [-0.2, -0.15) is 0 Å². The van der Waals surface area contributed by atoms with Crippen molar-refractivity contribution in [1.82, 2.24) is 0 Å². The first kappa shape index (κ1) is 37.2. The molecule has 0 amide bonds. The van der Waals surface area contributed by atoms with E-state index in [4.69, 9.17) is 0 Å². The average Bonchev–Trinajstić information content (AvgIpc) is 2.89. The van der Waals surface area contributed by atoms with Gasteiger partial charge in [0.2, 0.25) is 0 Å². The monoisotopic (exact) mass is 535 g/mol. The van der Waals surface area contributed by atoms with Gasteiger partial charge in [-0.05, 0) is 44.4 Å². The van der Waals surface area contributed by atoms with Gasteiger partial charge in [0.05, 0.1) is 5.92 Å². The zero-order valence-corrected chi connectivity index (χ0v) is 26.5. The van der Waals surface area contributed by atoms with Crippen LogP contribution in [0.3, 0.4) is 0 Å². The van der Waals surface area contributed by atoms with Gasteiger partial charge >= 0.3 is 5.97 Å². The topological polar surface area (TPSA) is 37.3 Å². The van der Waals surface area contributed by atoms with Crippen LogP contribution >= 0.6 is 0 Å². The van der Waals surface area contributed by atoms with Crippen LogP contribution in [-0.2, 0) is 4.79 Å². The third-order valence-electron chi connectivity index (χ3n) is 8.25. The number of unbranched alkanes of at least 4 members (excludes halogenated alkanes) is 22. The fourth-order valence-electron chi connectivity index (χ4n) is 5.56. The van der Waals surface area contributed by atoms with Gasteiger partial charge in [0, 0.05) is 0 Å². The Hall–Kier alpha value is -0.790. The molecule has 0 spiro atoms. The van der Waals surface area contributed by atoms with E-state index in [1.54, 1.807) is 0 Å². The van der Waals surface area contributed by atoms with E-state index in [0.29, 0.717) is 0 Å². The Kier molecular flexibility index (Phi) is 30.1. The second-order valence-corrected chi connectivity index (χ2v) is 12.6. The Morgan fingerprint density at radius 2 is 0.816 bits per heavy atom. The Balaban J connectivity index is 3.44. The van der Waals surface area contributed by atoms with Gasteiger partial charge in [-0.1, -0.05) is 174 Å². The first-order chi connectivity index (χ1) is 18.6. The molecule has 0 aliphatic carbocycles. The molecule has 0 saturated heterocycles. The summed E-state index contributed by atoms with van der Waals surface area (Å²) in [5.74, 6) is 0.186. The average molecular weight is 535 g/mol. The Morgan fingerprint density at radius 3 is 1.16 bits per heavy atom. The summed E-state index contributed by atoms with van der Waals surface area (Å²) in [5, 5.41) is 9.60. The Bertz CT molecular complexity index is 496. The standard InChI is InChI=1S/C36H70O2/c1-4-5-6-7-8-9-10-11-12-13-14-17-20-23-26-29-32-35(36(37)38)33-30-27-24-21-18-15-16-19-22-25-28-31-34(2)3/h11-12,34-35H,4-10,13-33H2,1-3H3,(H,37,38). The molecule has 0 fully saturated rings. The van der Waals surface area contributed by atoms with Crippen molar-refractivity contribution >= 4 is 5.97 Å². The van der Waals surface area contributed by atoms with Crippen LogP contribution in [0, 0.1) is 11.8 Å². The van der Waals surface area contributed by atoms with Crippen molar-refractivity contribution < 1.29 is 9.90 Å². The number of carboxylic acids is 1. The summed E-state index contributed by atoms with van der Waals surface area (Å²) in [6, 6.07) is 0. The van der Waals surface area contributed by atoms with Crippen LogP contribution < -0.4 is 0 Å². The molecule has 0 bridgehead atoms. The van der Waals surface area contributed by atoms with Crippen molar-refractivity contribution in [2.75, 3.05) is 0 Å². The Morgan fingerprint density at radius 1 is 0.500 bits per heavy atom. The van der Waals surface area contributed by atoms with Crippen molar-refractivity contribution in [3.8, 4) is 0 Å². The van der Waals surface area contributed by atoms with Gasteiger partial charge < -0.3 is 5.11 Å². The van der Waals surface area contributed by atoms with Gasteiger partial charge in [0.25, 0.3) is 0 Å². The molecule has 0 aliphatic rings. The molecule has 226 valence electrons. The lowest BCUT2D eigenvalue weighted by molar-refractivity contribution is -0.142. The summed E-state index contributed by atoms with van der Waals surface area (Å²) < 4.78 is 0. The summed E-state index contributed by atoms with van der Waals surface area (Å²) in [6.07, 6.45) is 41.0. The van der Waals surface area contributed by atoms with Crippen molar-refractivity contribution in [3.63, 3.8) is 0 Å². The molecule has 0 rings (SSSR count). The van der Waals surface area contributed by atoms with Gasteiger partial charge in [0.1, 0.15) is 0 Å². The minimum Gasteiger partial charge on any atom is -0.481 e. The highest BCUT2D eigenvalue weighted by Gasteiger charge is 2.16. The maximum atomic E-state index is 11.7. The highest BCUT2D eigenvalue weighted by molar-refractivity contribution is 5.69. The molecule has 0 saturated carbocycles. The fraction of sp³-hybridized carbons (Fsp3) is 0.917. The summed E-state index contributed by atoms with van der Waals surface area (Å²) in [6.45, 7) is 6.92. The first-order valence-electron chi connectivity index (χ1n) is 17.5. The quantitative estimate of drug-likeness (QED) is 0.0709. The molecule has 0 aliphatic heterocycles. The molecule has 0 heterocycles. The van der Waals surface area contributed by atoms with E-state index in [1.807, 2.05) is 0 Å². The van der Waals surface area contributed by atoms with E-state index in [-0.39, 0.29) is 5.92 Å². The highest BCUT2D eigenvalue weighted by atomic mass is 16.4. The van der Waals surface area contributed by atoms with Crippen LogP contribution in [0.5, 0.6) is 0 Å². The van der Waals surface area contributed by atoms with Crippen LogP contribution in [0.15, 0.2) is 12.2 Å². The van der Waals surface area contributed by atoms with Crippen LogP contribution in [0.2, 0.25) is 0 Å². The van der Waals surface area contributed by atoms with Gasteiger partial charge in [-0.3, -0.25) is 4.79 Å². The molecule has 2 heteroatoms. The third-order valence-corrected chi connectivity index (χ3v) is 8.25. The molecule has 1 unspecified atom stereocenters. The largest absolute Gasteiger partial charge is 0.481 e. The molecule has 38 heavy (non-hydrogen) atoms. The molecular formula is C36H70O2. The molecule has 0 radical (unpaired) electrons. The second kappa shape index (κ2) is 30.7. The first-order valence-corrected chi connectivity index (χ1v) is 17.5. The molecule has 0 aromatic carbocycles. The zero-order chi connectivity index (χ0) is 27.9. The SMILES string of the molecule is CCCCCCCCC=CCCCCCCCCC(CCCCCCCCCCCCCC(C)C)C(=O)O. The summed E-state index contributed by atoms with van der Waals surface area (Å²) >= 11 is 0. The van der Waals surface area contributed by atoms with Crippen LogP contribution in [-0.4, -0.2) is 11.1 Å². The predicted octanol–water partition coefficient (Wildman–Crippen LogP) is 12.8. The van der Waals surface area contributed by atoms with Crippen LogP contribution in [0.25, 0.3) is 0 Å². The zero-order valence-electron chi connectivity index (χ0n) is 26.5. The van der Waals surface area contributed by atoms with E-state index in [2.05, 4.69) is 32.9 Å². The summed E-state index contributed by atoms with van der Waals surface area (Å²) in [5.41, 5.74) is 0. The van der Waals surface area contributed by atoms with Crippen molar-refractivity contribution in [3.05, 3.63) is 12.2 Å². The molecule has 0 aromatic heterocycles. The van der Waals surface area contributed by atoms with E-state index in [0.717, 1.165) is 31.6 Å². The molecule has 1 atom stereocenters. The number of rotatable bonds is 31. The van der Waals surface area contributed by atoms with Gasteiger partial charge in [0.15, 0.2) is 0 Å². The molecule has 0 aromatic rings. The lowest BCUT2D eigenvalue weighted by Crippen LogP contribution is -2.13. The number of hydrogen-bond donors (Lipinski definition) is 1. The lowest BCUT2D eigenvalue weighted by atomic mass is 9.94. The molecule has 1 N–H and O–H groups in total. The van der Waals surface area contributed by atoms with Crippen molar-refractivity contribution in [2.45, 2.75) is 201 Å². The smallest absolute Gasteiger partial charge is 0.306 e. The molecule has 2 nitrogen and oxygen atoms in total. The predicted molar refractivity (Wildman–Crippen MR) is 170 cm³/mol. The summed E-state index contributed by atoms with van der Waals surface area (Å²) in [7, 11) is 0. The second-order valence-electron chi connectivity index (χ2n) is 12.6. The van der Waals surface area contributed by atoms with Gasteiger partial charge in [-0.25, -0.2) is 0 Å². The van der Waals surface area contributed by atoms with E-state index < -0.39 is 5.97 Å². The van der Waals surface area contributed by atoms with Crippen molar-refractivity contribution in [1.29, 1.82) is 0 Å². The summed E-state index contributed by atoms with van der Waals surface area (Å²) in [4.78, 5) is 11.7. The highest BCUT2D eigenvalue weighted by Crippen LogP contribution is 2.20. The van der Waals surface area contributed by atoms with Crippen LogP contribution in [0.4, 0.5) is 0 Å². The minimum atomic E-state index is -0.564. The van der Waals surface area contributed by atoms with Crippen molar-refractivity contribution in [2.24, 2.45) is 11.8 Å². The Labute approximate surface area is 240 Å². The van der Waals surface area contributed by atoms with E-state index in [9.17, 15) is 9.90 Å². The van der Waals surface area contributed by atoms with E-state index in [1.165, 1.54) is 154 Å². The normalized spacial score (nSPS) is 12.6. The number of carbonyl (C=O) groups is 1. The maximum Gasteiger partial charge on any atom is 0.306 e. The third kappa shape index (κ3) is 29.8. The lowest BCUT2D eigenvalue weighted by Gasteiger charge is -2.12. The number of allylic oxidation sites excluding steroid dienone is 2. The van der Waals surface area contributed by atoms with Gasteiger partial charge in [-0.15, -0.1) is 0 Å². The minimum absolute atomic E-state index is 0.109.